The van der Waals surface area contributed by atoms with Gasteiger partial charge in [-0.05, 0) is 51.6 Å². The van der Waals surface area contributed by atoms with Gasteiger partial charge < -0.3 is 9.80 Å². The van der Waals surface area contributed by atoms with E-state index >= 15 is 0 Å². The summed E-state index contributed by atoms with van der Waals surface area (Å²) < 4.78 is 0. The van der Waals surface area contributed by atoms with Crippen LogP contribution in [-0.4, -0.2) is 49.4 Å². The van der Waals surface area contributed by atoms with Gasteiger partial charge in [-0.3, -0.25) is 4.79 Å². The van der Waals surface area contributed by atoms with Crippen molar-refractivity contribution in [1.82, 2.24) is 9.80 Å². The molecular weight excluding hydrogens is 284 g/mol. The van der Waals surface area contributed by atoms with Crippen molar-refractivity contribution in [2.24, 2.45) is 11.8 Å². The Balaban J connectivity index is 2.45. The van der Waals surface area contributed by atoms with Crippen molar-refractivity contribution >= 4 is 5.91 Å². The number of carbonyl (C=O) groups excluding carboxylic acids is 1. The van der Waals surface area contributed by atoms with Crippen LogP contribution in [0.25, 0.3) is 0 Å². The molecule has 136 valence electrons. The molecule has 2 unspecified atom stereocenters. The Labute approximate surface area is 144 Å². The zero-order valence-electron chi connectivity index (χ0n) is 16.1. The lowest BCUT2D eigenvalue weighted by atomic mass is 9.91. The van der Waals surface area contributed by atoms with Crippen LogP contribution in [0.2, 0.25) is 0 Å². The summed E-state index contributed by atoms with van der Waals surface area (Å²) in [5, 5.41) is 0. The molecule has 0 aromatic heterocycles. The van der Waals surface area contributed by atoms with Gasteiger partial charge in [0.15, 0.2) is 0 Å². The Hall–Kier alpha value is -0.570. The lowest BCUT2D eigenvalue weighted by Crippen LogP contribution is -2.43. The maximum absolute atomic E-state index is 12.7. The Bertz CT molecular complexity index is 317. The number of hydrogen-bond acceptors (Lipinski definition) is 2. The molecule has 1 fully saturated rings. The second-order valence-corrected chi connectivity index (χ2v) is 7.82. The number of piperidine rings is 1. The molecule has 0 aromatic rings. The molecule has 0 aromatic carbocycles. The van der Waals surface area contributed by atoms with E-state index in [1.54, 1.807) is 0 Å². The van der Waals surface area contributed by atoms with E-state index in [1.807, 2.05) is 0 Å². The second kappa shape index (κ2) is 11.9. The molecule has 0 spiro atoms. The Kier molecular flexibility index (Phi) is 10.6. The fourth-order valence-electron chi connectivity index (χ4n) is 3.86. The third kappa shape index (κ3) is 8.74. The lowest BCUT2D eigenvalue weighted by molar-refractivity contribution is -0.134. The summed E-state index contributed by atoms with van der Waals surface area (Å²) in [5.41, 5.74) is 0. The first kappa shape index (κ1) is 20.5. The average Bonchev–Trinajstić information content (AvgIpc) is 2.52. The van der Waals surface area contributed by atoms with E-state index in [9.17, 15) is 4.79 Å². The van der Waals surface area contributed by atoms with Gasteiger partial charge in [-0.2, -0.15) is 0 Å². The third-order valence-electron chi connectivity index (χ3n) is 5.14. The van der Waals surface area contributed by atoms with Crippen molar-refractivity contribution in [2.75, 3.05) is 33.7 Å². The number of likely N-dealkylation sites (tertiary alicyclic amines) is 1. The van der Waals surface area contributed by atoms with Crippen LogP contribution in [0, 0.1) is 11.8 Å². The summed E-state index contributed by atoms with van der Waals surface area (Å²) in [6, 6.07) is 0. The van der Waals surface area contributed by atoms with E-state index in [2.05, 4.69) is 37.7 Å². The molecule has 0 N–H and O–H groups in total. The average molecular weight is 325 g/mol. The molecule has 1 aliphatic rings. The molecule has 3 nitrogen and oxygen atoms in total. The highest BCUT2D eigenvalue weighted by Gasteiger charge is 2.25. The van der Waals surface area contributed by atoms with Crippen molar-refractivity contribution in [3.63, 3.8) is 0 Å². The first-order valence-corrected chi connectivity index (χ1v) is 9.99. The fourth-order valence-corrected chi connectivity index (χ4v) is 3.86. The van der Waals surface area contributed by atoms with E-state index < -0.39 is 0 Å². The SMILES string of the molecule is CCCCCC(CCCC)CC(=O)N1CCCC(CN(C)C)C1. The first-order valence-electron chi connectivity index (χ1n) is 9.99. The predicted molar refractivity (Wildman–Crippen MR) is 99.6 cm³/mol. The summed E-state index contributed by atoms with van der Waals surface area (Å²) >= 11 is 0. The number of nitrogens with zero attached hydrogens (tertiary/aromatic N) is 2. The predicted octanol–water partition coefficient (Wildman–Crippen LogP) is 4.56. The third-order valence-corrected chi connectivity index (χ3v) is 5.14. The molecular formula is C20H40N2O. The summed E-state index contributed by atoms with van der Waals surface area (Å²) in [4.78, 5) is 17.2. The monoisotopic (exact) mass is 324 g/mol. The molecule has 0 radical (unpaired) electrons. The van der Waals surface area contributed by atoms with Crippen LogP contribution < -0.4 is 0 Å². The summed E-state index contributed by atoms with van der Waals surface area (Å²) in [6.45, 7) is 7.58. The molecule has 0 saturated carbocycles. The van der Waals surface area contributed by atoms with Crippen molar-refractivity contribution in [3.8, 4) is 0 Å². The van der Waals surface area contributed by atoms with Gasteiger partial charge in [0.05, 0.1) is 0 Å². The minimum Gasteiger partial charge on any atom is -0.342 e. The molecule has 2 atom stereocenters. The highest BCUT2D eigenvalue weighted by atomic mass is 16.2. The van der Waals surface area contributed by atoms with Gasteiger partial charge in [0.25, 0.3) is 0 Å². The molecule has 0 bridgehead atoms. The topological polar surface area (TPSA) is 23.6 Å². The Morgan fingerprint density at radius 1 is 1.13 bits per heavy atom. The smallest absolute Gasteiger partial charge is 0.222 e. The molecule has 23 heavy (non-hydrogen) atoms. The van der Waals surface area contributed by atoms with E-state index in [0.717, 1.165) is 26.1 Å². The minimum atomic E-state index is 0.422. The van der Waals surface area contributed by atoms with E-state index in [1.165, 1.54) is 57.8 Å². The van der Waals surface area contributed by atoms with Crippen LogP contribution in [0.4, 0.5) is 0 Å². The largest absolute Gasteiger partial charge is 0.342 e. The van der Waals surface area contributed by atoms with Crippen molar-refractivity contribution in [1.29, 1.82) is 0 Å². The maximum Gasteiger partial charge on any atom is 0.222 e. The highest BCUT2D eigenvalue weighted by Crippen LogP contribution is 2.24. The number of rotatable bonds is 11. The summed E-state index contributed by atoms with van der Waals surface area (Å²) in [5.74, 6) is 1.70. The summed E-state index contributed by atoms with van der Waals surface area (Å²) in [6.07, 6.45) is 12.1. The van der Waals surface area contributed by atoms with E-state index in [-0.39, 0.29) is 0 Å². The molecule has 1 heterocycles. The number of amides is 1. The summed E-state index contributed by atoms with van der Waals surface area (Å²) in [7, 11) is 4.27. The van der Waals surface area contributed by atoms with E-state index in [0.29, 0.717) is 17.7 Å². The quantitative estimate of drug-likeness (QED) is 0.520. The number of carbonyl (C=O) groups is 1. The van der Waals surface area contributed by atoms with Crippen LogP contribution in [0.1, 0.15) is 78.1 Å². The zero-order valence-corrected chi connectivity index (χ0v) is 16.1. The number of unbranched alkanes of at least 4 members (excludes halogenated alkanes) is 3. The minimum absolute atomic E-state index is 0.422. The fraction of sp³-hybridized carbons (Fsp3) is 0.950. The van der Waals surface area contributed by atoms with Gasteiger partial charge in [0.2, 0.25) is 5.91 Å². The Morgan fingerprint density at radius 2 is 1.83 bits per heavy atom. The molecule has 1 rings (SSSR count). The van der Waals surface area contributed by atoms with Crippen molar-refractivity contribution < 1.29 is 4.79 Å². The van der Waals surface area contributed by atoms with Crippen molar-refractivity contribution in [3.05, 3.63) is 0 Å². The molecule has 0 aliphatic carbocycles. The van der Waals surface area contributed by atoms with Gasteiger partial charge in [0.1, 0.15) is 0 Å². The second-order valence-electron chi connectivity index (χ2n) is 7.82. The molecule has 1 saturated heterocycles. The number of hydrogen-bond donors (Lipinski definition) is 0. The van der Waals surface area contributed by atoms with Crippen LogP contribution in [0.15, 0.2) is 0 Å². The normalized spacial score (nSPS) is 20.0. The Morgan fingerprint density at radius 3 is 2.48 bits per heavy atom. The van der Waals surface area contributed by atoms with Crippen LogP contribution in [-0.2, 0) is 4.79 Å². The van der Waals surface area contributed by atoms with Crippen LogP contribution in [0.3, 0.4) is 0 Å². The van der Waals surface area contributed by atoms with Crippen molar-refractivity contribution in [2.45, 2.75) is 78.1 Å². The van der Waals surface area contributed by atoms with Gasteiger partial charge in [-0.1, -0.05) is 46.0 Å². The van der Waals surface area contributed by atoms with Gasteiger partial charge in [-0.15, -0.1) is 0 Å². The van der Waals surface area contributed by atoms with Crippen LogP contribution in [0.5, 0.6) is 0 Å². The van der Waals surface area contributed by atoms with Gasteiger partial charge in [-0.25, -0.2) is 0 Å². The highest BCUT2D eigenvalue weighted by molar-refractivity contribution is 5.76. The lowest BCUT2D eigenvalue weighted by Gasteiger charge is -2.35. The standard InChI is InChI=1S/C20H40N2O/c1-5-7-9-12-18(11-8-6-2)15-20(23)22-14-10-13-19(17-22)16-21(3)4/h18-19H,5-17H2,1-4H3. The molecule has 1 amide bonds. The molecule has 1 aliphatic heterocycles. The van der Waals surface area contributed by atoms with E-state index in [4.69, 9.17) is 0 Å². The van der Waals surface area contributed by atoms with Gasteiger partial charge in [0, 0.05) is 26.1 Å². The van der Waals surface area contributed by atoms with Gasteiger partial charge >= 0.3 is 0 Å². The maximum atomic E-state index is 12.7. The first-order chi connectivity index (χ1) is 11.1. The molecule has 3 heteroatoms. The van der Waals surface area contributed by atoms with Crippen LogP contribution >= 0.6 is 0 Å². The zero-order chi connectivity index (χ0) is 17.1.